The van der Waals surface area contributed by atoms with E-state index in [0.29, 0.717) is 10.6 Å². The van der Waals surface area contributed by atoms with E-state index in [2.05, 4.69) is 10.2 Å². The second kappa shape index (κ2) is 8.03. The third-order valence-electron chi connectivity index (χ3n) is 3.71. The quantitative estimate of drug-likeness (QED) is 0.840. The van der Waals surface area contributed by atoms with Crippen LogP contribution >= 0.6 is 23.4 Å². The molecule has 1 aromatic carbocycles. The summed E-state index contributed by atoms with van der Waals surface area (Å²) < 4.78 is 0. The second-order valence-corrected chi connectivity index (χ2v) is 6.45. The number of halogens is 1. The molecule has 1 saturated heterocycles. The van der Waals surface area contributed by atoms with Crippen molar-refractivity contribution in [2.45, 2.75) is 4.90 Å². The zero-order valence-electron chi connectivity index (χ0n) is 12.6. The minimum absolute atomic E-state index is 0.00830. The van der Waals surface area contributed by atoms with E-state index in [0.717, 1.165) is 44.2 Å². The Kier molecular flexibility index (Phi) is 6.36. The number of hydrogen-bond acceptors (Lipinski definition) is 4. The van der Waals surface area contributed by atoms with Crippen LogP contribution in [0.15, 0.2) is 23.1 Å². The lowest BCUT2D eigenvalue weighted by atomic mass is 10.2. The van der Waals surface area contributed by atoms with E-state index in [1.807, 2.05) is 25.4 Å². The average molecular weight is 328 g/mol. The standard InChI is InChI=1S/C15H22ClN3OS/c1-18(9-10-19-7-5-17-6-8-19)15(20)13-11-12(21-2)3-4-14(13)16/h3-4,11,17H,5-10H2,1-2H3. The van der Waals surface area contributed by atoms with Gasteiger partial charge in [0.2, 0.25) is 0 Å². The Bertz CT molecular complexity index is 492. The van der Waals surface area contributed by atoms with Gasteiger partial charge in [-0.1, -0.05) is 11.6 Å². The monoisotopic (exact) mass is 327 g/mol. The molecule has 1 heterocycles. The van der Waals surface area contributed by atoms with Crippen LogP contribution in [0.2, 0.25) is 5.02 Å². The van der Waals surface area contributed by atoms with Crippen LogP contribution < -0.4 is 5.32 Å². The molecule has 2 rings (SSSR count). The van der Waals surface area contributed by atoms with E-state index < -0.39 is 0 Å². The highest BCUT2D eigenvalue weighted by Gasteiger charge is 2.17. The number of benzene rings is 1. The summed E-state index contributed by atoms with van der Waals surface area (Å²) >= 11 is 7.78. The van der Waals surface area contributed by atoms with Gasteiger partial charge in [-0.3, -0.25) is 9.69 Å². The van der Waals surface area contributed by atoms with Crippen molar-refractivity contribution < 1.29 is 4.79 Å². The normalized spacial score (nSPS) is 16.0. The molecule has 4 nitrogen and oxygen atoms in total. The van der Waals surface area contributed by atoms with E-state index in [4.69, 9.17) is 11.6 Å². The van der Waals surface area contributed by atoms with Crippen LogP contribution in [0.5, 0.6) is 0 Å². The van der Waals surface area contributed by atoms with Crippen molar-refractivity contribution in [3.63, 3.8) is 0 Å². The third-order valence-corrected chi connectivity index (χ3v) is 4.77. The number of hydrogen-bond donors (Lipinski definition) is 1. The summed E-state index contributed by atoms with van der Waals surface area (Å²) in [4.78, 5) is 17.7. The fourth-order valence-electron chi connectivity index (χ4n) is 2.33. The van der Waals surface area contributed by atoms with E-state index in [-0.39, 0.29) is 5.91 Å². The number of carbonyl (C=O) groups is 1. The van der Waals surface area contributed by atoms with Gasteiger partial charge in [0.1, 0.15) is 0 Å². The van der Waals surface area contributed by atoms with Crippen molar-refractivity contribution >= 4 is 29.3 Å². The molecule has 0 aliphatic carbocycles. The van der Waals surface area contributed by atoms with Gasteiger partial charge in [0, 0.05) is 51.2 Å². The molecule has 1 N–H and O–H groups in total. The number of thioether (sulfide) groups is 1. The van der Waals surface area contributed by atoms with Gasteiger partial charge in [0.15, 0.2) is 0 Å². The summed E-state index contributed by atoms with van der Waals surface area (Å²) in [5.74, 6) is -0.00830. The SMILES string of the molecule is CSc1ccc(Cl)c(C(=O)N(C)CCN2CCNCC2)c1. The minimum atomic E-state index is -0.00830. The largest absolute Gasteiger partial charge is 0.340 e. The van der Waals surface area contributed by atoms with Crippen molar-refractivity contribution in [1.82, 2.24) is 15.1 Å². The number of rotatable bonds is 5. The molecule has 0 saturated carbocycles. The van der Waals surface area contributed by atoms with Crippen LogP contribution in [0.3, 0.4) is 0 Å². The maximum Gasteiger partial charge on any atom is 0.255 e. The molecule has 21 heavy (non-hydrogen) atoms. The van der Waals surface area contributed by atoms with Crippen LogP contribution in [-0.2, 0) is 0 Å². The Labute approximate surface area is 135 Å². The number of nitrogens with one attached hydrogen (secondary N) is 1. The van der Waals surface area contributed by atoms with Crippen LogP contribution in [0.25, 0.3) is 0 Å². The lowest BCUT2D eigenvalue weighted by molar-refractivity contribution is 0.0775. The summed E-state index contributed by atoms with van der Waals surface area (Å²) in [6.45, 7) is 5.77. The summed E-state index contributed by atoms with van der Waals surface area (Å²) in [7, 11) is 1.84. The highest BCUT2D eigenvalue weighted by Crippen LogP contribution is 2.24. The third kappa shape index (κ3) is 4.61. The van der Waals surface area contributed by atoms with E-state index >= 15 is 0 Å². The number of amides is 1. The summed E-state index contributed by atoms with van der Waals surface area (Å²) in [6.07, 6.45) is 1.99. The predicted octanol–water partition coefficient (Wildman–Crippen LogP) is 2.04. The van der Waals surface area contributed by atoms with E-state index in [1.54, 1.807) is 22.7 Å². The van der Waals surface area contributed by atoms with Crippen molar-refractivity contribution in [2.75, 3.05) is 52.6 Å². The average Bonchev–Trinajstić information content (AvgIpc) is 2.53. The highest BCUT2D eigenvalue weighted by molar-refractivity contribution is 7.98. The van der Waals surface area contributed by atoms with Gasteiger partial charge in [-0.2, -0.15) is 0 Å². The fourth-order valence-corrected chi connectivity index (χ4v) is 2.97. The van der Waals surface area contributed by atoms with Crippen molar-refractivity contribution in [2.24, 2.45) is 0 Å². The molecule has 0 unspecified atom stereocenters. The first-order valence-corrected chi connectivity index (χ1v) is 8.74. The maximum atomic E-state index is 12.5. The maximum absolute atomic E-state index is 12.5. The molecule has 0 spiro atoms. The summed E-state index contributed by atoms with van der Waals surface area (Å²) in [5, 5.41) is 3.85. The highest BCUT2D eigenvalue weighted by atomic mass is 35.5. The number of piperazine rings is 1. The lowest BCUT2D eigenvalue weighted by Crippen LogP contribution is -2.46. The first kappa shape index (κ1) is 16.6. The van der Waals surface area contributed by atoms with Crippen molar-refractivity contribution in [1.29, 1.82) is 0 Å². The second-order valence-electron chi connectivity index (χ2n) is 5.16. The van der Waals surface area contributed by atoms with Crippen molar-refractivity contribution in [3.8, 4) is 0 Å². The van der Waals surface area contributed by atoms with Crippen LogP contribution in [0.1, 0.15) is 10.4 Å². The lowest BCUT2D eigenvalue weighted by Gasteiger charge is -2.29. The molecule has 1 aliphatic heterocycles. The van der Waals surface area contributed by atoms with Crippen LogP contribution in [0.4, 0.5) is 0 Å². The number of carbonyl (C=O) groups excluding carboxylic acids is 1. The molecule has 0 radical (unpaired) electrons. The molecular formula is C15H22ClN3OS. The molecule has 0 aromatic heterocycles. The molecule has 0 atom stereocenters. The fraction of sp³-hybridized carbons (Fsp3) is 0.533. The first-order chi connectivity index (χ1) is 10.1. The van der Waals surface area contributed by atoms with Crippen molar-refractivity contribution in [3.05, 3.63) is 28.8 Å². The van der Waals surface area contributed by atoms with Gasteiger partial charge < -0.3 is 10.2 Å². The number of nitrogens with zero attached hydrogens (tertiary/aromatic N) is 2. The molecule has 1 amide bonds. The molecule has 6 heteroatoms. The Balaban J connectivity index is 1.95. The Morgan fingerprint density at radius 2 is 2.14 bits per heavy atom. The van der Waals surface area contributed by atoms with Gasteiger partial charge in [-0.25, -0.2) is 0 Å². The zero-order valence-corrected chi connectivity index (χ0v) is 14.1. The van der Waals surface area contributed by atoms with Gasteiger partial charge in [-0.15, -0.1) is 11.8 Å². The first-order valence-electron chi connectivity index (χ1n) is 7.14. The van der Waals surface area contributed by atoms with Gasteiger partial charge in [0.25, 0.3) is 5.91 Å². The Hall–Kier alpha value is -0.750. The smallest absolute Gasteiger partial charge is 0.255 e. The molecule has 1 aromatic rings. The van der Waals surface area contributed by atoms with Gasteiger partial charge in [-0.05, 0) is 24.5 Å². The predicted molar refractivity (Wildman–Crippen MR) is 89.5 cm³/mol. The van der Waals surface area contributed by atoms with E-state index in [1.165, 1.54) is 0 Å². The Morgan fingerprint density at radius 3 is 2.81 bits per heavy atom. The summed E-state index contributed by atoms with van der Waals surface area (Å²) in [6, 6.07) is 5.60. The molecule has 0 bridgehead atoms. The zero-order chi connectivity index (χ0) is 15.2. The van der Waals surface area contributed by atoms with Crippen LogP contribution in [0, 0.1) is 0 Å². The molecule has 1 aliphatic rings. The Morgan fingerprint density at radius 1 is 1.43 bits per heavy atom. The summed E-state index contributed by atoms with van der Waals surface area (Å²) in [5.41, 5.74) is 0.589. The topological polar surface area (TPSA) is 35.6 Å². The van der Waals surface area contributed by atoms with E-state index in [9.17, 15) is 4.79 Å². The molecular weight excluding hydrogens is 306 g/mol. The molecule has 1 fully saturated rings. The van der Waals surface area contributed by atoms with Gasteiger partial charge >= 0.3 is 0 Å². The number of likely N-dealkylation sites (N-methyl/N-ethyl adjacent to an activating group) is 1. The minimum Gasteiger partial charge on any atom is -0.340 e. The van der Waals surface area contributed by atoms with Gasteiger partial charge in [0.05, 0.1) is 10.6 Å². The molecule has 116 valence electrons. The van der Waals surface area contributed by atoms with Crippen LogP contribution in [-0.4, -0.2) is 68.3 Å².